The predicted octanol–water partition coefficient (Wildman–Crippen LogP) is -15.8. The van der Waals surface area contributed by atoms with Crippen LogP contribution in [0, 0.1) is 0 Å². The molecule has 0 saturated heterocycles. The van der Waals surface area contributed by atoms with Crippen molar-refractivity contribution in [3.63, 3.8) is 0 Å². The normalized spacial score (nSPS) is 3.38. The zero-order chi connectivity index (χ0) is 3.58. The minimum atomic E-state index is -2.92. The summed E-state index contributed by atoms with van der Waals surface area (Å²) < 4.78 is 0. The van der Waals surface area contributed by atoms with Crippen molar-refractivity contribution in [2.75, 3.05) is 0 Å². The van der Waals surface area contributed by atoms with Gasteiger partial charge in [-0.05, 0) is 0 Å². The minimum Gasteiger partial charge on any atom is -1.00 e. The molecular weight excluding hydrogens is 215 g/mol. The van der Waals surface area contributed by atoms with Crippen LogP contribution in [0.4, 0.5) is 0 Å². The SMILES string of the molecule is [H-].[K+].[K+].[K+].[K+].[O-]B([O-])[O-]. The fourth-order valence-corrected chi connectivity index (χ4v) is 0. The van der Waals surface area contributed by atoms with Crippen LogP contribution >= 0.6 is 0 Å². The summed E-state index contributed by atoms with van der Waals surface area (Å²) in [4.78, 5) is 0. The van der Waals surface area contributed by atoms with Crippen LogP contribution in [0.5, 0.6) is 0 Å². The first-order valence-corrected chi connectivity index (χ1v) is 0.707. The largest absolute Gasteiger partial charge is 1.00 e. The van der Waals surface area contributed by atoms with Crippen LogP contribution in [0.1, 0.15) is 1.43 Å². The fourth-order valence-electron chi connectivity index (χ4n) is 0. The van der Waals surface area contributed by atoms with Gasteiger partial charge in [0.2, 0.25) is 0 Å². The Morgan fingerprint density at radius 3 is 0.750 bits per heavy atom. The van der Waals surface area contributed by atoms with Gasteiger partial charge in [-0.15, -0.1) is 0 Å². The zero-order valence-electron chi connectivity index (χ0n) is 6.80. The summed E-state index contributed by atoms with van der Waals surface area (Å²) in [6.07, 6.45) is 0. The average molecular weight is 216 g/mol. The first-order valence-electron chi connectivity index (χ1n) is 0.707. The molecule has 26 valence electrons. The summed E-state index contributed by atoms with van der Waals surface area (Å²) in [5, 5.41) is 25.2. The Balaban J connectivity index is -0.00000000450. The van der Waals surface area contributed by atoms with E-state index in [0.29, 0.717) is 0 Å². The van der Waals surface area contributed by atoms with E-state index in [0.717, 1.165) is 0 Å². The smallest absolute Gasteiger partial charge is 1.00 e. The van der Waals surface area contributed by atoms with Gasteiger partial charge in [0.1, 0.15) is 0 Å². The Morgan fingerprint density at radius 2 is 0.750 bits per heavy atom. The van der Waals surface area contributed by atoms with Crippen molar-refractivity contribution >= 4 is 7.32 Å². The summed E-state index contributed by atoms with van der Waals surface area (Å²) in [6, 6.07) is 0. The maximum atomic E-state index is 8.42. The molecule has 0 aliphatic carbocycles. The first-order chi connectivity index (χ1) is 1.73. The number of rotatable bonds is 0. The van der Waals surface area contributed by atoms with Crippen molar-refractivity contribution in [3.8, 4) is 0 Å². The van der Waals surface area contributed by atoms with Crippen LogP contribution < -0.4 is 221 Å². The summed E-state index contributed by atoms with van der Waals surface area (Å²) in [7, 11) is -2.92. The molecule has 0 spiro atoms. The van der Waals surface area contributed by atoms with Crippen LogP contribution in [0.2, 0.25) is 0 Å². The molecule has 8 heteroatoms. The van der Waals surface area contributed by atoms with Gasteiger partial charge in [-0.1, -0.05) is 0 Å². The van der Waals surface area contributed by atoms with Gasteiger partial charge in [0.25, 0.3) is 0 Å². The van der Waals surface area contributed by atoms with Crippen molar-refractivity contribution in [3.05, 3.63) is 0 Å². The van der Waals surface area contributed by atoms with Gasteiger partial charge >= 0.3 is 206 Å². The van der Waals surface area contributed by atoms with Gasteiger partial charge in [-0.3, -0.25) is 7.32 Å². The number of hydrogen-bond donors (Lipinski definition) is 0. The van der Waals surface area contributed by atoms with Crippen LogP contribution in [0.15, 0.2) is 0 Å². The molecule has 0 unspecified atom stereocenters. The van der Waals surface area contributed by atoms with E-state index in [-0.39, 0.29) is 207 Å². The van der Waals surface area contributed by atoms with E-state index in [1.165, 1.54) is 0 Å². The molecule has 0 aliphatic heterocycles. The molecule has 0 N–H and O–H groups in total. The van der Waals surface area contributed by atoms with Gasteiger partial charge in [0.15, 0.2) is 0 Å². The van der Waals surface area contributed by atoms with Crippen LogP contribution in [0.25, 0.3) is 0 Å². The Hall–Kier alpha value is 6.49. The maximum Gasteiger partial charge on any atom is 1.00 e. The van der Waals surface area contributed by atoms with E-state index >= 15 is 0 Å². The summed E-state index contributed by atoms with van der Waals surface area (Å²) in [5.41, 5.74) is 0. The maximum absolute atomic E-state index is 8.42. The van der Waals surface area contributed by atoms with Gasteiger partial charge in [0.05, 0.1) is 0 Å². The monoisotopic (exact) mass is 216 g/mol. The van der Waals surface area contributed by atoms with E-state index in [4.69, 9.17) is 15.1 Å². The van der Waals surface area contributed by atoms with E-state index in [1.807, 2.05) is 0 Å². The molecule has 0 aromatic carbocycles. The first kappa shape index (κ1) is 29.3. The van der Waals surface area contributed by atoms with E-state index in [2.05, 4.69) is 0 Å². The molecule has 0 saturated carbocycles. The molecule has 0 aliphatic rings. The molecule has 0 atom stereocenters. The topological polar surface area (TPSA) is 69.2 Å². The van der Waals surface area contributed by atoms with Crippen molar-refractivity contribution in [2.45, 2.75) is 0 Å². The predicted molar refractivity (Wildman–Crippen MR) is 6.87 cm³/mol. The molecule has 8 heavy (non-hydrogen) atoms. The standard InChI is InChI=1S/BO3.4K.H/c2-1(3)4;;;;;/q-3;4*+1;-1. The Labute approximate surface area is 221 Å². The van der Waals surface area contributed by atoms with Crippen LogP contribution in [-0.4, -0.2) is 7.32 Å². The van der Waals surface area contributed by atoms with E-state index in [9.17, 15) is 0 Å². The van der Waals surface area contributed by atoms with Crippen LogP contribution in [-0.2, 0) is 0 Å². The molecule has 0 amide bonds. The van der Waals surface area contributed by atoms with Crippen molar-refractivity contribution < 1.29 is 222 Å². The molecule has 0 aromatic heterocycles. The molecule has 0 bridgehead atoms. The fraction of sp³-hybridized carbons (Fsp3) is 0. The van der Waals surface area contributed by atoms with Crippen molar-refractivity contribution in [2.24, 2.45) is 0 Å². The molecule has 0 aromatic rings. The van der Waals surface area contributed by atoms with E-state index < -0.39 is 7.32 Å². The van der Waals surface area contributed by atoms with Gasteiger partial charge in [0, 0.05) is 0 Å². The number of hydrogen-bond acceptors (Lipinski definition) is 3. The zero-order valence-corrected chi connectivity index (χ0v) is 18.3. The van der Waals surface area contributed by atoms with Crippen molar-refractivity contribution in [1.29, 1.82) is 0 Å². The van der Waals surface area contributed by atoms with Crippen LogP contribution in [0.3, 0.4) is 0 Å². The third-order valence-corrected chi connectivity index (χ3v) is 0. The molecule has 0 fully saturated rings. The third kappa shape index (κ3) is 39.1. The van der Waals surface area contributed by atoms with Gasteiger partial charge in [-0.2, -0.15) is 0 Å². The Bertz CT molecular complexity index is 20.5. The van der Waals surface area contributed by atoms with Crippen molar-refractivity contribution in [1.82, 2.24) is 0 Å². The van der Waals surface area contributed by atoms with Gasteiger partial charge < -0.3 is 16.5 Å². The second-order valence-corrected chi connectivity index (χ2v) is 0.289. The molecule has 0 rings (SSSR count). The average Bonchev–Trinajstić information content (AvgIpc) is 0.811. The summed E-state index contributed by atoms with van der Waals surface area (Å²) in [5.74, 6) is 0. The molecule has 3 nitrogen and oxygen atoms in total. The quantitative estimate of drug-likeness (QED) is 0.378. The van der Waals surface area contributed by atoms with E-state index in [1.54, 1.807) is 0 Å². The Kier molecular flexibility index (Phi) is 85.5. The molecular formula is HBK4O3. The summed E-state index contributed by atoms with van der Waals surface area (Å²) in [6.45, 7) is 0. The third-order valence-electron chi connectivity index (χ3n) is 0. The Morgan fingerprint density at radius 1 is 0.750 bits per heavy atom. The second-order valence-electron chi connectivity index (χ2n) is 0.289. The summed E-state index contributed by atoms with van der Waals surface area (Å²) >= 11 is 0. The molecule has 0 heterocycles. The second kappa shape index (κ2) is 23.4. The molecule has 0 radical (unpaired) electrons. The minimum absolute atomic E-state index is 0. The van der Waals surface area contributed by atoms with Gasteiger partial charge in [-0.25, -0.2) is 0 Å².